The third-order valence-corrected chi connectivity index (χ3v) is 3.78. The van der Waals surface area contributed by atoms with Gasteiger partial charge < -0.3 is 15.7 Å². The van der Waals surface area contributed by atoms with Crippen LogP contribution in [0, 0.1) is 0 Å². The second kappa shape index (κ2) is 7.10. The number of hydrogen-bond acceptors (Lipinski definition) is 3. The zero-order valence-corrected chi connectivity index (χ0v) is 13.6. The number of carbonyl (C=O) groups excluding carboxylic acids is 1. The van der Waals surface area contributed by atoms with Gasteiger partial charge in [-0.25, -0.2) is 0 Å². The lowest BCUT2D eigenvalue weighted by Crippen LogP contribution is -2.35. The highest BCUT2D eigenvalue weighted by Gasteiger charge is 2.08. The lowest BCUT2D eigenvalue weighted by atomic mass is 10.1. The molecular formula is C19H16N2O2S. The Labute approximate surface area is 145 Å². The third kappa shape index (κ3) is 3.88. The van der Waals surface area contributed by atoms with Crippen LogP contribution in [-0.4, -0.2) is 16.1 Å². The molecule has 0 aromatic heterocycles. The molecule has 3 N–H and O–H groups in total. The van der Waals surface area contributed by atoms with Crippen LogP contribution in [0.25, 0.3) is 10.8 Å². The zero-order chi connectivity index (χ0) is 16.9. The summed E-state index contributed by atoms with van der Waals surface area (Å²) in [4.78, 5) is 12.0. The van der Waals surface area contributed by atoms with Crippen molar-refractivity contribution in [3.05, 3.63) is 72.3 Å². The Balaban J connectivity index is 1.68. The molecule has 0 radical (unpaired) electrons. The normalized spacial score (nSPS) is 10.3. The first-order valence-electron chi connectivity index (χ1n) is 7.48. The molecule has 1 amide bonds. The maximum Gasteiger partial charge on any atom is 0.230 e. The maximum atomic E-state index is 12.0. The summed E-state index contributed by atoms with van der Waals surface area (Å²) in [6, 6.07) is 20.2. The first-order chi connectivity index (χ1) is 11.6. The molecule has 3 aromatic rings. The number of amides is 1. The van der Waals surface area contributed by atoms with Crippen molar-refractivity contribution >= 4 is 39.7 Å². The molecule has 0 heterocycles. The van der Waals surface area contributed by atoms with Crippen molar-refractivity contribution in [2.24, 2.45) is 0 Å². The summed E-state index contributed by atoms with van der Waals surface area (Å²) in [7, 11) is 0. The molecule has 0 fully saturated rings. The van der Waals surface area contributed by atoms with Crippen LogP contribution in [0.15, 0.2) is 66.7 Å². The van der Waals surface area contributed by atoms with Gasteiger partial charge in [-0.3, -0.25) is 4.79 Å². The Kier molecular flexibility index (Phi) is 4.72. The van der Waals surface area contributed by atoms with Gasteiger partial charge in [-0.15, -0.1) is 0 Å². The molecule has 0 saturated carbocycles. The lowest BCUT2D eigenvalue weighted by Gasteiger charge is -2.12. The standard InChI is InChI=1S/C19H16N2O2S/c22-15-9-10-16-14(12-15)7-4-8-17(16)20-19(24)21-18(23)11-13-5-2-1-3-6-13/h1-10,12,22H,11H2,(H2,20,21,23,24). The van der Waals surface area contributed by atoms with E-state index in [0.29, 0.717) is 0 Å². The second-order valence-corrected chi connectivity index (χ2v) is 5.78. The van der Waals surface area contributed by atoms with Gasteiger partial charge in [-0.1, -0.05) is 42.5 Å². The van der Waals surface area contributed by atoms with Crippen molar-refractivity contribution in [1.82, 2.24) is 5.32 Å². The number of anilines is 1. The van der Waals surface area contributed by atoms with Gasteiger partial charge in [0.15, 0.2) is 5.11 Å². The van der Waals surface area contributed by atoms with E-state index in [2.05, 4.69) is 10.6 Å². The first kappa shape index (κ1) is 16.0. The highest BCUT2D eigenvalue weighted by Crippen LogP contribution is 2.26. The summed E-state index contributed by atoms with van der Waals surface area (Å²) in [5, 5.41) is 17.3. The minimum atomic E-state index is -0.170. The van der Waals surface area contributed by atoms with Gasteiger partial charge in [0, 0.05) is 11.1 Å². The second-order valence-electron chi connectivity index (χ2n) is 5.38. The monoisotopic (exact) mass is 336 g/mol. The van der Waals surface area contributed by atoms with Crippen molar-refractivity contribution in [3.63, 3.8) is 0 Å². The van der Waals surface area contributed by atoms with E-state index in [-0.39, 0.29) is 23.2 Å². The lowest BCUT2D eigenvalue weighted by molar-refractivity contribution is -0.119. The molecule has 0 aliphatic rings. The topological polar surface area (TPSA) is 61.4 Å². The Morgan fingerprint density at radius 3 is 2.58 bits per heavy atom. The van der Waals surface area contributed by atoms with Crippen molar-refractivity contribution in [2.45, 2.75) is 6.42 Å². The molecule has 0 aliphatic carbocycles. The van der Waals surface area contributed by atoms with E-state index >= 15 is 0 Å². The number of carbonyl (C=O) groups is 1. The van der Waals surface area contributed by atoms with E-state index in [0.717, 1.165) is 22.0 Å². The average Bonchev–Trinajstić information content (AvgIpc) is 2.55. The highest BCUT2D eigenvalue weighted by atomic mass is 32.1. The van der Waals surface area contributed by atoms with E-state index in [1.54, 1.807) is 18.2 Å². The van der Waals surface area contributed by atoms with Crippen LogP contribution >= 0.6 is 12.2 Å². The van der Waals surface area contributed by atoms with Crippen molar-refractivity contribution < 1.29 is 9.90 Å². The molecular weight excluding hydrogens is 320 g/mol. The molecule has 24 heavy (non-hydrogen) atoms. The molecule has 120 valence electrons. The summed E-state index contributed by atoms with van der Waals surface area (Å²) >= 11 is 5.22. The molecule has 0 bridgehead atoms. The Hall–Kier alpha value is -2.92. The molecule has 3 aromatic carbocycles. The number of hydrogen-bond donors (Lipinski definition) is 3. The number of rotatable bonds is 3. The summed E-state index contributed by atoms with van der Waals surface area (Å²) in [6.07, 6.45) is 0.270. The van der Waals surface area contributed by atoms with Crippen LogP contribution in [0.3, 0.4) is 0 Å². The van der Waals surface area contributed by atoms with Gasteiger partial charge in [-0.2, -0.15) is 0 Å². The van der Waals surface area contributed by atoms with Crippen LogP contribution in [0.5, 0.6) is 5.75 Å². The first-order valence-corrected chi connectivity index (χ1v) is 7.89. The quantitative estimate of drug-likeness (QED) is 0.640. The fourth-order valence-electron chi connectivity index (χ4n) is 2.49. The molecule has 0 saturated heterocycles. The van der Waals surface area contributed by atoms with Crippen molar-refractivity contribution in [3.8, 4) is 5.75 Å². The predicted octanol–water partition coefficient (Wildman–Crippen LogP) is 3.60. The van der Waals surface area contributed by atoms with Crippen LogP contribution in [-0.2, 0) is 11.2 Å². The number of phenols is 1. The number of aromatic hydroxyl groups is 1. The van der Waals surface area contributed by atoms with E-state index in [4.69, 9.17) is 12.2 Å². The highest BCUT2D eigenvalue weighted by molar-refractivity contribution is 7.80. The fourth-order valence-corrected chi connectivity index (χ4v) is 2.71. The van der Waals surface area contributed by atoms with E-state index in [1.165, 1.54) is 0 Å². The molecule has 4 nitrogen and oxygen atoms in total. The largest absolute Gasteiger partial charge is 0.508 e. The van der Waals surface area contributed by atoms with Crippen LogP contribution < -0.4 is 10.6 Å². The summed E-state index contributed by atoms with van der Waals surface area (Å²) < 4.78 is 0. The van der Waals surface area contributed by atoms with Gasteiger partial charge in [0.1, 0.15) is 5.75 Å². The Bertz CT molecular complexity index is 894. The molecule has 3 rings (SSSR count). The van der Waals surface area contributed by atoms with Crippen LogP contribution in [0.2, 0.25) is 0 Å². The SMILES string of the molecule is O=C(Cc1ccccc1)NC(=S)Nc1cccc2cc(O)ccc12. The summed E-state index contributed by atoms with van der Waals surface area (Å²) in [5.41, 5.74) is 1.70. The van der Waals surface area contributed by atoms with E-state index < -0.39 is 0 Å². The van der Waals surface area contributed by atoms with E-state index in [9.17, 15) is 9.90 Å². The third-order valence-electron chi connectivity index (χ3n) is 3.57. The average molecular weight is 336 g/mol. The number of nitrogens with one attached hydrogen (secondary N) is 2. The Morgan fingerprint density at radius 2 is 1.79 bits per heavy atom. The molecule has 0 atom stereocenters. The van der Waals surface area contributed by atoms with Gasteiger partial charge in [0.05, 0.1) is 6.42 Å². The smallest absolute Gasteiger partial charge is 0.230 e. The van der Waals surface area contributed by atoms with Gasteiger partial charge in [-0.05, 0) is 47.4 Å². The van der Waals surface area contributed by atoms with Crippen molar-refractivity contribution in [1.29, 1.82) is 0 Å². The van der Waals surface area contributed by atoms with Crippen molar-refractivity contribution in [2.75, 3.05) is 5.32 Å². The van der Waals surface area contributed by atoms with Crippen LogP contribution in [0.1, 0.15) is 5.56 Å². The minimum Gasteiger partial charge on any atom is -0.508 e. The predicted molar refractivity (Wildman–Crippen MR) is 100 cm³/mol. The summed E-state index contributed by atoms with van der Waals surface area (Å²) in [5.74, 6) is 0.0370. The zero-order valence-electron chi connectivity index (χ0n) is 12.8. The maximum absolute atomic E-state index is 12.0. The van der Waals surface area contributed by atoms with Gasteiger partial charge in [0.2, 0.25) is 5.91 Å². The fraction of sp³-hybridized carbons (Fsp3) is 0.0526. The van der Waals surface area contributed by atoms with Crippen LogP contribution in [0.4, 0.5) is 5.69 Å². The number of thiocarbonyl (C=S) groups is 1. The van der Waals surface area contributed by atoms with Gasteiger partial charge in [0.25, 0.3) is 0 Å². The summed E-state index contributed by atoms with van der Waals surface area (Å²) in [6.45, 7) is 0. The molecule has 0 spiro atoms. The molecule has 0 unspecified atom stereocenters. The molecule has 5 heteroatoms. The minimum absolute atomic E-state index is 0.170. The Morgan fingerprint density at radius 1 is 1.00 bits per heavy atom. The molecule has 0 aliphatic heterocycles. The number of fused-ring (bicyclic) bond motifs is 1. The number of phenolic OH excluding ortho intramolecular Hbond substituents is 1. The van der Waals surface area contributed by atoms with E-state index in [1.807, 2.05) is 48.5 Å². The van der Waals surface area contributed by atoms with Gasteiger partial charge >= 0.3 is 0 Å². The number of benzene rings is 3.